The van der Waals surface area contributed by atoms with Gasteiger partial charge in [0.2, 0.25) is 0 Å². The second-order valence-corrected chi connectivity index (χ2v) is 9.38. The molecule has 30 heavy (non-hydrogen) atoms. The molecule has 3 N–H and O–H groups in total. The first-order chi connectivity index (χ1) is 14.6. The molecule has 1 aromatic carbocycles. The van der Waals surface area contributed by atoms with E-state index in [0.717, 1.165) is 50.9 Å². The third-order valence-electron chi connectivity index (χ3n) is 6.79. The predicted molar refractivity (Wildman–Crippen MR) is 126 cm³/mol. The molecule has 2 aliphatic rings. The van der Waals surface area contributed by atoms with E-state index in [0.29, 0.717) is 6.04 Å². The maximum Gasteiger partial charge on any atom is 0.191 e. The molecule has 1 aliphatic heterocycles. The van der Waals surface area contributed by atoms with E-state index >= 15 is 0 Å². The SMILES string of the molecule is CN=C(NCc1ccc(CN2CCC(O)CC2)cc1)NC(C)CCC1CCCCC1. The quantitative estimate of drug-likeness (QED) is 0.443. The van der Waals surface area contributed by atoms with Crippen LogP contribution in [0.15, 0.2) is 29.3 Å². The van der Waals surface area contributed by atoms with Gasteiger partial charge in [0.25, 0.3) is 0 Å². The van der Waals surface area contributed by atoms with Crippen LogP contribution in [0.4, 0.5) is 0 Å². The first kappa shape index (κ1) is 23.1. The first-order valence-corrected chi connectivity index (χ1v) is 12.1. The summed E-state index contributed by atoms with van der Waals surface area (Å²) in [4.78, 5) is 6.84. The van der Waals surface area contributed by atoms with Crippen molar-refractivity contribution in [2.24, 2.45) is 10.9 Å². The van der Waals surface area contributed by atoms with Crippen LogP contribution in [0.5, 0.6) is 0 Å². The average molecular weight is 415 g/mol. The molecule has 5 nitrogen and oxygen atoms in total. The lowest BCUT2D eigenvalue weighted by Crippen LogP contribution is -2.42. The number of nitrogens with one attached hydrogen (secondary N) is 2. The Hall–Kier alpha value is -1.59. The molecule has 0 spiro atoms. The Morgan fingerprint density at radius 2 is 1.73 bits per heavy atom. The van der Waals surface area contributed by atoms with Crippen LogP contribution in [0.25, 0.3) is 0 Å². The summed E-state index contributed by atoms with van der Waals surface area (Å²) in [6.07, 6.45) is 11.4. The molecular formula is C25H42N4O. The molecule has 1 unspecified atom stereocenters. The summed E-state index contributed by atoms with van der Waals surface area (Å²) in [5, 5.41) is 16.7. The Labute approximate surface area is 183 Å². The minimum Gasteiger partial charge on any atom is -0.393 e. The number of aliphatic imine (C=N–C) groups is 1. The summed E-state index contributed by atoms with van der Waals surface area (Å²) < 4.78 is 0. The maximum absolute atomic E-state index is 9.65. The number of benzene rings is 1. The lowest BCUT2D eigenvalue weighted by Gasteiger charge is -2.29. The molecule has 3 rings (SSSR count). The Morgan fingerprint density at radius 3 is 2.40 bits per heavy atom. The third kappa shape index (κ3) is 7.92. The number of hydrogen-bond donors (Lipinski definition) is 3. The number of likely N-dealkylation sites (tertiary alicyclic amines) is 1. The van der Waals surface area contributed by atoms with Crippen molar-refractivity contribution >= 4 is 5.96 Å². The zero-order chi connectivity index (χ0) is 21.2. The molecule has 0 amide bonds. The highest BCUT2D eigenvalue weighted by molar-refractivity contribution is 5.79. The van der Waals surface area contributed by atoms with E-state index in [2.05, 4.69) is 51.7 Å². The summed E-state index contributed by atoms with van der Waals surface area (Å²) >= 11 is 0. The van der Waals surface area contributed by atoms with Gasteiger partial charge in [0.05, 0.1) is 6.10 Å². The second-order valence-electron chi connectivity index (χ2n) is 9.38. The van der Waals surface area contributed by atoms with Crippen LogP contribution in [0.1, 0.15) is 75.8 Å². The number of aliphatic hydroxyl groups excluding tert-OH is 1. The van der Waals surface area contributed by atoms with Crippen LogP contribution in [-0.2, 0) is 13.1 Å². The highest BCUT2D eigenvalue weighted by Gasteiger charge is 2.17. The van der Waals surface area contributed by atoms with E-state index in [1.807, 2.05) is 7.05 Å². The molecule has 1 saturated heterocycles. The third-order valence-corrected chi connectivity index (χ3v) is 6.79. The van der Waals surface area contributed by atoms with Crippen molar-refractivity contribution in [3.05, 3.63) is 35.4 Å². The number of aliphatic hydroxyl groups is 1. The molecule has 1 atom stereocenters. The predicted octanol–water partition coefficient (Wildman–Crippen LogP) is 4.06. The van der Waals surface area contributed by atoms with E-state index < -0.39 is 0 Å². The standard InChI is InChI=1S/C25H42N4O/c1-20(8-9-21-6-4-3-5-7-21)28-25(26-2)27-18-22-10-12-23(13-11-22)19-29-16-14-24(30)15-17-29/h10-13,20-21,24,30H,3-9,14-19H2,1-2H3,(H2,26,27,28). The molecule has 0 bridgehead atoms. The highest BCUT2D eigenvalue weighted by atomic mass is 16.3. The van der Waals surface area contributed by atoms with Crippen molar-refractivity contribution in [3.8, 4) is 0 Å². The first-order valence-electron chi connectivity index (χ1n) is 12.1. The molecule has 0 aromatic heterocycles. The molecular weight excluding hydrogens is 372 g/mol. The maximum atomic E-state index is 9.65. The van der Waals surface area contributed by atoms with Gasteiger partial charge < -0.3 is 15.7 Å². The fraction of sp³-hybridized carbons (Fsp3) is 0.720. The molecule has 1 aliphatic carbocycles. The summed E-state index contributed by atoms with van der Waals surface area (Å²) in [5.74, 6) is 1.83. The zero-order valence-corrected chi connectivity index (χ0v) is 19.1. The lowest BCUT2D eigenvalue weighted by molar-refractivity contribution is 0.0792. The van der Waals surface area contributed by atoms with Crippen LogP contribution in [0.3, 0.4) is 0 Å². The Morgan fingerprint density at radius 1 is 1.07 bits per heavy atom. The largest absolute Gasteiger partial charge is 0.393 e. The lowest BCUT2D eigenvalue weighted by atomic mass is 9.85. The topological polar surface area (TPSA) is 59.9 Å². The van der Waals surface area contributed by atoms with Crippen molar-refractivity contribution in [3.63, 3.8) is 0 Å². The fourth-order valence-corrected chi connectivity index (χ4v) is 4.75. The van der Waals surface area contributed by atoms with Gasteiger partial charge in [-0.05, 0) is 49.7 Å². The minimum absolute atomic E-state index is 0.104. The van der Waals surface area contributed by atoms with E-state index in [1.54, 1.807) is 0 Å². The van der Waals surface area contributed by atoms with Crippen LogP contribution in [0.2, 0.25) is 0 Å². The van der Waals surface area contributed by atoms with Gasteiger partial charge in [-0.1, -0.05) is 56.4 Å². The van der Waals surface area contributed by atoms with Crippen molar-refractivity contribution in [1.82, 2.24) is 15.5 Å². The zero-order valence-electron chi connectivity index (χ0n) is 19.1. The summed E-state index contributed by atoms with van der Waals surface area (Å²) in [5.41, 5.74) is 2.61. The van der Waals surface area contributed by atoms with Gasteiger partial charge in [-0.25, -0.2) is 0 Å². The van der Waals surface area contributed by atoms with Gasteiger partial charge in [0, 0.05) is 39.3 Å². The van der Waals surface area contributed by atoms with Gasteiger partial charge >= 0.3 is 0 Å². The summed E-state index contributed by atoms with van der Waals surface area (Å²) in [6, 6.07) is 9.32. The minimum atomic E-state index is -0.104. The highest BCUT2D eigenvalue weighted by Crippen LogP contribution is 2.27. The second kappa shape index (κ2) is 12.3. The van der Waals surface area contributed by atoms with Gasteiger partial charge in [0.1, 0.15) is 0 Å². The molecule has 1 saturated carbocycles. The molecule has 0 radical (unpaired) electrons. The van der Waals surface area contributed by atoms with Crippen molar-refractivity contribution < 1.29 is 5.11 Å². The number of piperidine rings is 1. The Balaban J connectivity index is 1.36. The monoisotopic (exact) mass is 414 g/mol. The van der Waals surface area contributed by atoms with Gasteiger partial charge in [-0.3, -0.25) is 9.89 Å². The summed E-state index contributed by atoms with van der Waals surface area (Å²) in [6.45, 7) is 6.01. The molecule has 1 aromatic rings. The van der Waals surface area contributed by atoms with Crippen molar-refractivity contribution in [2.75, 3.05) is 20.1 Å². The smallest absolute Gasteiger partial charge is 0.191 e. The number of nitrogens with zero attached hydrogens (tertiary/aromatic N) is 2. The van der Waals surface area contributed by atoms with Gasteiger partial charge in [-0.15, -0.1) is 0 Å². The van der Waals surface area contributed by atoms with Crippen LogP contribution < -0.4 is 10.6 Å². The van der Waals surface area contributed by atoms with Gasteiger partial charge in [0.15, 0.2) is 5.96 Å². The molecule has 1 heterocycles. The number of guanidine groups is 1. The summed E-state index contributed by atoms with van der Waals surface area (Å²) in [7, 11) is 1.85. The van der Waals surface area contributed by atoms with Crippen LogP contribution in [0, 0.1) is 5.92 Å². The van der Waals surface area contributed by atoms with Crippen molar-refractivity contribution in [2.45, 2.75) is 89.9 Å². The van der Waals surface area contributed by atoms with Crippen LogP contribution >= 0.6 is 0 Å². The van der Waals surface area contributed by atoms with Gasteiger partial charge in [-0.2, -0.15) is 0 Å². The van der Waals surface area contributed by atoms with E-state index in [1.165, 1.54) is 56.1 Å². The van der Waals surface area contributed by atoms with E-state index in [4.69, 9.17) is 0 Å². The Bertz CT molecular complexity index is 631. The van der Waals surface area contributed by atoms with E-state index in [9.17, 15) is 5.11 Å². The molecule has 2 fully saturated rings. The van der Waals surface area contributed by atoms with Crippen molar-refractivity contribution in [1.29, 1.82) is 0 Å². The Kier molecular flexibility index (Phi) is 9.47. The number of hydrogen-bond acceptors (Lipinski definition) is 3. The normalized spacial score (nSPS) is 20.8. The van der Waals surface area contributed by atoms with Crippen LogP contribution in [-0.4, -0.2) is 48.2 Å². The molecule has 168 valence electrons. The molecule has 5 heteroatoms. The fourth-order valence-electron chi connectivity index (χ4n) is 4.75. The van der Waals surface area contributed by atoms with E-state index in [-0.39, 0.29) is 6.10 Å². The average Bonchev–Trinajstić information content (AvgIpc) is 2.78. The number of rotatable bonds is 8.